The van der Waals surface area contributed by atoms with Gasteiger partial charge in [0.1, 0.15) is 0 Å². The lowest BCUT2D eigenvalue weighted by Crippen LogP contribution is -2.46. The number of likely N-dealkylation sites (N-methyl/N-ethyl adjacent to an activating group) is 1. The minimum Gasteiger partial charge on any atom is -0.347 e. The molecule has 2 fully saturated rings. The quantitative estimate of drug-likeness (QED) is 0.588. The van der Waals surface area contributed by atoms with E-state index in [1.165, 1.54) is 18.4 Å². The van der Waals surface area contributed by atoms with E-state index in [9.17, 15) is 0 Å². The van der Waals surface area contributed by atoms with Crippen LogP contribution in [0, 0.1) is 17.3 Å². The third-order valence-corrected chi connectivity index (χ3v) is 6.24. The number of ether oxygens (including phenoxy) is 2. The van der Waals surface area contributed by atoms with E-state index in [-0.39, 0.29) is 11.9 Å². The Hall–Kier alpha value is -0.640. The molecular weight excluding hydrogens is 322 g/mol. The molecule has 1 aliphatic carbocycles. The summed E-state index contributed by atoms with van der Waals surface area (Å²) in [7, 11) is 2.18. The highest BCUT2D eigenvalue weighted by molar-refractivity contribution is 5.19. The van der Waals surface area contributed by atoms with Crippen molar-refractivity contribution in [2.75, 3.05) is 26.7 Å². The largest absolute Gasteiger partial charge is 0.347 e. The van der Waals surface area contributed by atoms with Gasteiger partial charge in [-0.2, -0.15) is 0 Å². The van der Waals surface area contributed by atoms with Crippen LogP contribution in [0.15, 0.2) is 23.8 Å². The fourth-order valence-electron chi connectivity index (χ4n) is 4.43. The fraction of sp³-hybridized carbons (Fsp3) is 0.826. The molecule has 1 aliphatic heterocycles. The van der Waals surface area contributed by atoms with Gasteiger partial charge in [-0.05, 0) is 50.1 Å². The highest BCUT2D eigenvalue weighted by Crippen LogP contribution is 2.48. The van der Waals surface area contributed by atoms with Crippen molar-refractivity contribution in [2.24, 2.45) is 17.3 Å². The van der Waals surface area contributed by atoms with E-state index in [2.05, 4.69) is 71.7 Å². The van der Waals surface area contributed by atoms with Crippen molar-refractivity contribution in [3.8, 4) is 0 Å². The maximum atomic E-state index is 6.53. The molecule has 4 unspecified atom stereocenters. The average molecular weight is 364 g/mol. The third-order valence-electron chi connectivity index (χ3n) is 6.24. The normalized spacial score (nSPS) is 33.7. The van der Waals surface area contributed by atoms with Gasteiger partial charge in [-0.1, -0.05) is 52.8 Å². The smallest absolute Gasteiger partial charge is 0.171 e. The first-order chi connectivity index (χ1) is 12.2. The second kappa shape index (κ2) is 9.03. The lowest BCUT2D eigenvalue weighted by atomic mass is 9.67. The van der Waals surface area contributed by atoms with Crippen molar-refractivity contribution < 1.29 is 9.47 Å². The van der Waals surface area contributed by atoms with Gasteiger partial charge < -0.3 is 9.47 Å². The van der Waals surface area contributed by atoms with Crippen LogP contribution in [0.25, 0.3) is 0 Å². The number of nitrogens with zero attached hydrogens (tertiary/aromatic N) is 1. The summed E-state index contributed by atoms with van der Waals surface area (Å²) in [6.07, 6.45) is 11.4. The Morgan fingerprint density at radius 3 is 2.62 bits per heavy atom. The van der Waals surface area contributed by atoms with Crippen molar-refractivity contribution in [2.45, 2.75) is 79.1 Å². The van der Waals surface area contributed by atoms with Crippen molar-refractivity contribution in [1.29, 1.82) is 0 Å². The van der Waals surface area contributed by atoms with Gasteiger partial charge in [0.15, 0.2) is 5.79 Å². The summed E-state index contributed by atoms with van der Waals surface area (Å²) in [5.74, 6) is 0.896. The summed E-state index contributed by atoms with van der Waals surface area (Å²) in [4.78, 5) is 2.35. The van der Waals surface area contributed by atoms with Gasteiger partial charge in [-0.15, -0.1) is 0 Å². The minimum absolute atomic E-state index is 0.182. The predicted molar refractivity (Wildman–Crippen MR) is 110 cm³/mol. The molecule has 1 saturated heterocycles. The third kappa shape index (κ3) is 5.43. The summed E-state index contributed by atoms with van der Waals surface area (Å²) in [5.41, 5.74) is 1.74. The Morgan fingerprint density at radius 2 is 2.04 bits per heavy atom. The monoisotopic (exact) mass is 363 g/mol. The lowest BCUT2D eigenvalue weighted by Gasteiger charge is -2.45. The molecule has 1 spiro atoms. The van der Waals surface area contributed by atoms with E-state index in [0.29, 0.717) is 11.3 Å². The Balaban J connectivity index is 1.87. The van der Waals surface area contributed by atoms with Crippen LogP contribution in [0.4, 0.5) is 0 Å². The van der Waals surface area contributed by atoms with Crippen LogP contribution in [0.2, 0.25) is 0 Å². The maximum Gasteiger partial charge on any atom is 0.171 e. The van der Waals surface area contributed by atoms with E-state index in [1.54, 1.807) is 0 Å². The number of allylic oxidation sites excluding steroid dienone is 2. The Morgan fingerprint density at radius 1 is 1.31 bits per heavy atom. The molecule has 0 amide bonds. The van der Waals surface area contributed by atoms with Crippen LogP contribution in [0.3, 0.4) is 0 Å². The zero-order valence-corrected chi connectivity index (χ0v) is 18.2. The van der Waals surface area contributed by atoms with Gasteiger partial charge in [0.2, 0.25) is 0 Å². The van der Waals surface area contributed by atoms with Crippen molar-refractivity contribution >= 4 is 0 Å². The second-order valence-electron chi connectivity index (χ2n) is 9.47. The van der Waals surface area contributed by atoms with E-state index in [4.69, 9.17) is 9.47 Å². The van der Waals surface area contributed by atoms with E-state index in [1.807, 2.05) is 0 Å². The van der Waals surface area contributed by atoms with Crippen LogP contribution in [0.1, 0.15) is 67.2 Å². The van der Waals surface area contributed by atoms with Crippen LogP contribution in [-0.4, -0.2) is 43.5 Å². The summed E-state index contributed by atoms with van der Waals surface area (Å²) >= 11 is 0. The molecule has 26 heavy (non-hydrogen) atoms. The highest BCUT2D eigenvalue weighted by Gasteiger charge is 2.50. The Labute approximate surface area is 161 Å². The summed E-state index contributed by atoms with van der Waals surface area (Å²) in [5, 5.41) is 0. The molecule has 0 aromatic heterocycles. The summed E-state index contributed by atoms with van der Waals surface area (Å²) in [6.45, 7) is 16.3. The molecule has 2 rings (SSSR count). The SMILES string of the molecule is C/C=C(\C=C/CC)CN(C)CC1COC2(CCC(C(C)(C)C)CC2C)O1. The predicted octanol–water partition coefficient (Wildman–Crippen LogP) is 5.42. The molecule has 1 heterocycles. The average Bonchev–Trinajstić information content (AvgIpc) is 2.96. The topological polar surface area (TPSA) is 21.7 Å². The zero-order chi connectivity index (χ0) is 19.4. The number of rotatable bonds is 6. The second-order valence-corrected chi connectivity index (χ2v) is 9.47. The molecule has 0 aromatic carbocycles. The van der Waals surface area contributed by atoms with Crippen LogP contribution >= 0.6 is 0 Å². The first kappa shape index (κ1) is 21.7. The standard InChI is InChI=1S/C23H41NO2/c1-8-10-11-19(9-2)15-24(7)16-21-17-25-23(26-21)13-12-20(14-18(23)3)22(4,5)6/h9-11,18,20-21H,8,12-17H2,1-7H3/b11-10-,19-9+. The molecule has 1 saturated carbocycles. The maximum absolute atomic E-state index is 6.53. The molecule has 0 N–H and O–H groups in total. The van der Waals surface area contributed by atoms with E-state index in [0.717, 1.165) is 38.5 Å². The van der Waals surface area contributed by atoms with Crippen LogP contribution < -0.4 is 0 Å². The molecule has 0 aromatic rings. The minimum atomic E-state index is -0.335. The highest BCUT2D eigenvalue weighted by atomic mass is 16.7. The van der Waals surface area contributed by atoms with Gasteiger partial charge in [-0.3, -0.25) is 4.90 Å². The van der Waals surface area contributed by atoms with Crippen LogP contribution in [-0.2, 0) is 9.47 Å². The molecule has 2 aliphatic rings. The summed E-state index contributed by atoms with van der Waals surface area (Å²) < 4.78 is 12.8. The first-order valence-corrected chi connectivity index (χ1v) is 10.5. The van der Waals surface area contributed by atoms with Gasteiger partial charge in [-0.25, -0.2) is 0 Å². The fourth-order valence-corrected chi connectivity index (χ4v) is 4.43. The van der Waals surface area contributed by atoms with E-state index < -0.39 is 0 Å². The molecule has 3 heteroatoms. The number of hydrogen-bond acceptors (Lipinski definition) is 3. The van der Waals surface area contributed by atoms with Crippen LogP contribution in [0.5, 0.6) is 0 Å². The molecule has 4 atom stereocenters. The zero-order valence-electron chi connectivity index (χ0n) is 18.2. The first-order valence-electron chi connectivity index (χ1n) is 10.5. The van der Waals surface area contributed by atoms with Crippen molar-refractivity contribution in [3.05, 3.63) is 23.8 Å². The van der Waals surface area contributed by atoms with Gasteiger partial charge in [0.25, 0.3) is 0 Å². The van der Waals surface area contributed by atoms with Crippen molar-refractivity contribution in [1.82, 2.24) is 4.90 Å². The van der Waals surface area contributed by atoms with Gasteiger partial charge in [0, 0.05) is 25.4 Å². The van der Waals surface area contributed by atoms with Crippen molar-refractivity contribution in [3.63, 3.8) is 0 Å². The summed E-state index contributed by atoms with van der Waals surface area (Å²) in [6, 6.07) is 0. The molecule has 150 valence electrons. The lowest BCUT2D eigenvalue weighted by molar-refractivity contribution is -0.228. The van der Waals surface area contributed by atoms with Gasteiger partial charge in [0.05, 0.1) is 12.7 Å². The Bertz CT molecular complexity index is 505. The Kier molecular flexibility index (Phi) is 7.52. The van der Waals surface area contributed by atoms with E-state index >= 15 is 0 Å². The molecule has 0 radical (unpaired) electrons. The number of hydrogen-bond donors (Lipinski definition) is 0. The molecule has 0 bridgehead atoms. The van der Waals surface area contributed by atoms with Gasteiger partial charge >= 0.3 is 0 Å². The molecule has 3 nitrogen and oxygen atoms in total. The molecular formula is C23H41NO2.